The van der Waals surface area contributed by atoms with Gasteiger partial charge in [0, 0.05) is 13.1 Å². The van der Waals surface area contributed by atoms with Crippen LogP contribution in [0.4, 0.5) is 10.2 Å². The molecule has 3 nitrogen and oxygen atoms in total. The third-order valence-electron chi connectivity index (χ3n) is 3.08. The SMILES string of the molecule is CCN(CC1CCC1)c1nc(Cl)ncc1F. The number of aromatic nitrogens is 2. The highest BCUT2D eigenvalue weighted by Gasteiger charge is 2.22. The number of halogens is 2. The average molecular weight is 244 g/mol. The number of rotatable bonds is 4. The molecule has 16 heavy (non-hydrogen) atoms. The molecule has 2 rings (SSSR count). The summed E-state index contributed by atoms with van der Waals surface area (Å²) in [4.78, 5) is 9.52. The van der Waals surface area contributed by atoms with Crippen molar-refractivity contribution in [1.82, 2.24) is 9.97 Å². The predicted octanol–water partition coefficient (Wildman–Crippen LogP) is 2.90. The Labute approximate surface area is 99.6 Å². The monoisotopic (exact) mass is 243 g/mol. The molecule has 0 N–H and O–H groups in total. The highest BCUT2D eigenvalue weighted by Crippen LogP contribution is 2.29. The van der Waals surface area contributed by atoms with Gasteiger partial charge in [0.05, 0.1) is 6.20 Å². The number of nitrogens with zero attached hydrogens (tertiary/aromatic N) is 3. The van der Waals surface area contributed by atoms with Crippen LogP contribution >= 0.6 is 11.6 Å². The van der Waals surface area contributed by atoms with Crippen molar-refractivity contribution in [3.63, 3.8) is 0 Å². The quantitative estimate of drug-likeness (QED) is 0.762. The summed E-state index contributed by atoms with van der Waals surface area (Å²) in [6.07, 6.45) is 4.89. The fraction of sp³-hybridized carbons (Fsp3) is 0.636. The van der Waals surface area contributed by atoms with Crippen molar-refractivity contribution in [2.45, 2.75) is 26.2 Å². The number of hydrogen-bond acceptors (Lipinski definition) is 3. The van der Waals surface area contributed by atoms with Gasteiger partial charge in [-0.1, -0.05) is 6.42 Å². The summed E-state index contributed by atoms with van der Waals surface area (Å²) < 4.78 is 13.6. The molecule has 1 aromatic rings. The van der Waals surface area contributed by atoms with E-state index < -0.39 is 5.82 Å². The zero-order valence-electron chi connectivity index (χ0n) is 9.29. The van der Waals surface area contributed by atoms with Crippen molar-refractivity contribution in [3.8, 4) is 0 Å². The molecule has 0 radical (unpaired) electrons. The van der Waals surface area contributed by atoms with Crippen LogP contribution in [0.5, 0.6) is 0 Å². The molecule has 0 amide bonds. The molecule has 0 atom stereocenters. The van der Waals surface area contributed by atoms with E-state index in [-0.39, 0.29) is 5.28 Å². The second-order valence-corrected chi connectivity index (χ2v) is 4.48. The lowest BCUT2D eigenvalue weighted by Gasteiger charge is -2.32. The molecule has 0 unspecified atom stereocenters. The molecule has 1 saturated carbocycles. The molecule has 1 aromatic heterocycles. The van der Waals surface area contributed by atoms with Crippen LogP contribution < -0.4 is 4.90 Å². The fourth-order valence-corrected chi connectivity index (χ4v) is 2.04. The lowest BCUT2D eigenvalue weighted by molar-refractivity contribution is 0.317. The van der Waals surface area contributed by atoms with Gasteiger partial charge in [0.15, 0.2) is 11.6 Å². The van der Waals surface area contributed by atoms with E-state index in [9.17, 15) is 4.39 Å². The van der Waals surface area contributed by atoms with Gasteiger partial charge in [-0.25, -0.2) is 9.37 Å². The molecule has 1 aliphatic rings. The minimum absolute atomic E-state index is 0.100. The third-order valence-corrected chi connectivity index (χ3v) is 3.26. The van der Waals surface area contributed by atoms with Crippen molar-refractivity contribution in [2.75, 3.05) is 18.0 Å². The largest absolute Gasteiger partial charge is 0.354 e. The maximum Gasteiger partial charge on any atom is 0.224 e. The second-order valence-electron chi connectivity index (χ2n) is 4.15. The van der Waals surface area contributed by atoms with Crippen LogP contribution in [0, 0.1) is 11.7 Å². The Morgan fingerprint density at radius 3 is 2.88 bits per heavy atom. The zero-order chi connectivity index (χ0) is 11.5. The normalized spacial score (nSPS) is 15.9. The van der Waals surface area contributed by atoms with E-state index >= 15 is 0 Å². The fourth-order valence-electron chi connectivity index (χ4n) is 1.91. The van der Waals surface area contributed by atoms with Gasteiger partial charge in [0.25, 0.3) is 0 Å². The molecule has 88 valence electrons. The van der Waals surface area contributed by atoms with E-state index in [4.69, 9.17) is 11.6 Å². The Kier molecular flexibility index (Phi) is 3.59. The van der Waals surface area contributed by atoms with Crippen molar-refractivity contribution in [3.05, 3.63) is 17.3 Å². The topological polar surface area (TPSA) is 29.0 Å². The van der Waals surface area contributed by atoms with E-state index in [2.05, 4.69) is 9.97 Å². The Balaban J connectivity index is 2.14. The van der Waals surface area contributed by atoms with Gasteiger partial charge in [0.2, 0.25) is 5.28 Å². The van der Waals surface area contributed by atoms with Gasteiger partial charge in [-0.3, -0.25) is 0 Å². The molecule has 0 bridgehead atoms. The maximum absolute atomic E-state index is 13.6. The van der Waals surface area contributed by atoms with Crippen LogP contribution in [0.1, 0.15) is 26.2 Å². The van der Waals surface area contributed by atoms with Crippen molar-refractivity contribution in [1.29, 1.82) is 0 Å². The standard InChI is InChI=1S/C11H15ClFN3/c1-2-16(7-8-4-3-5-8)10-9(13)6-14-11(12)15-10/h6,8H,2-5,7H2,1H3. The first-order valence-corrected chi connectivity index (χ1v) is 6.01. The molecule has 0 spiro atoms. The van der Waals surface area contributed by atoms with Gasteiger partial charge in [-0.05, 0) is 37.3 Å². The maximum atomic E-state index is 13.6. The van der Waals surface area contributed by atoms with Crippen LogP contribution in [0.25, 0.3) is 0 Å². The minimum atomic E-state index is -0.398. The Morgan fingerprint density at radius 2 is 2.31 bits per heavy atom. The summed E-state index contributed by atoms with van der Waals surface area (Å²) in [5.74, 6) is 0.605. The first kappa shape index (κ1) is 11.6. The number of anilines is 1. The molecule has 0 aliphatic heterocycles. The lowest BCUT2D eigenvalue weighted by atomic mass is 9.85. The van der Waals surface area contributed by atoms with E-state index in [0.717, 1.165) is 19.3 Å². The molecule has 1 fully saturated rings. The minimum Gasteiger partial charge on any atom is -0.354 e. The van der Waals surface area contributed by atoms with Crippen molar-refractivity contribution in [2.24, 2.45) is 5.92 Å². The summed E-state index contributed by atoms with van der Waals surface area (Å²) in [6.45, 7) is 3.59. The van der Waals surface area contributed by atoms with Crippen LogP contribution in [-0.2, 0) is 0 Å². The molecule has 0 saturated heterocycles. The molecule has 0 aromatic carbocycles. The molecule has 1 aliphatic carbocycles. The van der Waals surface area contributed by atoms with Crippen LogP contribution in [0.3, 0.4) is 0 Å². The van der Waals surface area contributed by atoms with Crippen molar-refractivity contribution < 1.29 is 4.39 Å². The Hall–Kier alpha value is -0.900. The molecule has 1 heterocycles. The Morgan fingerprint density at radius 1 is 1.56 bits per heavy atom. The highest BCUT2D eigenvalue weighted by atomic mass is 35.5. The van der Waals surface area contributed by atoms with Gasteiger partial charge < -0.3 is 4.90 Å². The van der Waals surface area contributed by atoms with Gasteiger partial charge >= 0.3 is 0 Å². The first-order valence-electron chi connectivity index (χ1n) is 5.63. The van der Waals surface area contributed by atoms with Crippen LogP contribution in [-0.4, -0.2) is 23.1 Å². The van der Waals surface area contributed by atoms with Crippen LogP contribution in [0.2, 0.25) is 5.28 Å². The first-order chi connectivity index (χ1) is 7.70. The number of hydrogen-bond donors (Lipinski definition) is 0. The summed E-state index contributed by atoms with van der Waals surface area (Å²) in [6, 6.07) is 0. The van der Waals surface area contributed by atoms with Gasteiger partial charge in [-0.15, -0.1) is 0 Å². The van der Waals surface area contributed by atoms with Gasteiger partial charge in [-0.2, -0.15) is 4.98 Å². The molecular formula is C11H15ClFN3. The highest BCUT2D eigenvalue weighted by molar-refractivity contribution is 6.28. The summed E-state index contributed by atoms with van der Waals surface area (Å²) in [5, 5.41) is 0.100. The van der Waals surface area contributed by atoms with Crippen molar-refractivity contribution >= 4 is 17.4 Å². The predicted molar refractivity (Wildman–Crippen MR) is 62.2 cm³/mol. The molecular weight excluding hydrogens is 229 g/mol. The van der Waals surface area contributed by atoms with Crippen LogP contribution in [0.15, 0.2) is 6.20 Å². The zero-order valence-corrected chi connectivity index (χ0v) is 10.0. The lowest BCUT2D eigenvalue weighted by Crippen LogP contribution is -2.33. The smallest absolute Gasteiger partial charge is 0.224 e. The van der Waals surface area contributed by atoms with E-state index in [0.29, 0.717) is 11.7 Å². The summed E-state index contributed by atoms with van der Waals surface area (Å²) in [5.41, 5.74) is 0. The average Bonchev–Trinajstić information content (AvgIpc) is 2.21. The Bertz CT molecular complexity index is 368. The van der Waals surface area contributed by atoms with Gasteiger partial charge in [0.1, 0.15) is 0 Å². The molecule has 5 heteroatoms. The van der Waals surface area contributed by atoms with E-state index in [1.807, 2.05) is 11.8 Å². The second kappa shape index (κ2) is 4.95. The van der Waals surface area contributed by atoms with E-state index in [1.165, 1.54) is 19.3 Å². The van der Waals surface area contributed by atoms with E-state index in [1.54, 1.807) is 0 Å². The summed E-state index contributed by atoms with van der Waals surface area (Å²) >= 11 is 5.69. The summed E-state index contributed by atoms with van der Waals surface area (Å²) in [7, 11) is 0. The third kappa shape index (κ3) is 2.43.